The molecule has 0 aromatic heterocycles. The van der Waals surface area contributed by atoms with Crippen LogP contribution in [0.4, 0.5) is 0 Å². The molecule has 0 fully saturated rings. The summed E-state index contributed by atoms with van der Waals surface area (Å²) in [5.41, 5.74) is 0. The molecule has 3 unspecified atom stereocenters. The van der Waals surface area contributed by atoms with E-state index in [4.69, 9.17) is 15.3 Å². The molecule has 0 aromatic rings. The number of rotatable bonds is 3. The van der Waals surface area contributed by atoms with Crippen molar-refractivity contribution in [2.24, 2.45) is 0 Å². The van der Waals surface area contributed by atoms with Crippen molar-refractivity contribution in [3.63, 3.8) is 0 Å². The number of aliphatic hydroxyl groups excluding tert-OH is 3. The summed E-state index contributed by atoms with van der Waals surface area (Å²) in [7, 11) is 0. The molecule has 3 atom stereocenters. The molecule has 0 amide bonds. The van der Waals surface area contributed by atoms with Crippen molar-refractivity contribution in [2.45, 2.75) is 39.1 Å². The topological polar surface area (TPSA) is 218 Å². The largest absolute Gasteiger partial charge is 2.00 e. The van der Waals surface area contributed by atoms with Crippen LogP contribution in [0.15, 0.2) is 0 Å². The number of hydrogen-bond donors (Lipinski definition) is 4. The molecule has 0 heterocycles. The van der Waals surface area contributed by atoms with Crippen LogP contribution in [-0.2, 0) is 40.6 Å². The van der Waals surface area contributed by atoms with Crippen LogP contribution < -0.4 is 21.5 Å². The minimum atomic E-state index is -1.44. The first kappa shape index (κ1) is 31.5. The number of carbonyl (C=O) groups excluding carboxylic acids is 3. The molecule has 0 radical (unpaired) electrons. The molecule has 20 heavy (non-hydrogen) atoms. The molecule has 0 aliphatic carbocycles. The maximum absolute atomic E-state index is 9.34. The standard InChI is InChI=1S/3C3H6O3.H3N.Zr/c3*1-2(4)3(5)6;;/h3*2,4H,1H3,(H,5,6);1H3;/q;;;;+2/p-2. The molecule has 118 valence electrons. The molecule has 0 aliphatic rings. The van der Waals surface area contributed by atoms with Gasteiger partial charge in [-0.2, -0.15) is 0 Å². The molecule has 0 saturated carbocycles. The van der Waals surface area contributed by atoms with Crippen molar-refractivity contribution in [3.05, 3.63) is 0 Å². The fourth-order valence-electron chi connectivity index (χ4n) is 0. The average Bonchev–Trinajstić information content (AvgIpc) is 2.18. The van der Waals surface area contributed by atoms with Gasteiger partial charge in [0.15, 0.2) is 0 Å². The molecule has 0 saturated heterocycles. The molecular formula is C9H19NO9Zr. The SMILES string of the molecule is CC(O)C(=O)[O-].CC(O)C(=O)[O-].CC(O)C(=O)[O-].[NH4+].[Zr+2]. The summed E-state index contributed by atoms with van der Waals surface area (Å²) >= 11 is 0. The first-order chi connectivity index (χ1) is 7.93. The van der Waals surface area contributed by atoms with Gasteiger partial charge in [-0.25, -0.2) is 0 Å². The van der Waals surface area contributed by atoms with Crippen molar-refractivity contribution in [1.82, 2.24) is 6.15 Å². The van der Waals surface area contributed by atoms with E-state index >= 15 is 0 Å². The van der Waals surface area contributed by atoms with Crippen LogP contribution in [0.5, 0.6) is 0 Å². The van der Waals surface area contributed by atoms with E-state index in [0.29, 0.717) is 0 Å². The molecule has 0 rings (SSSR count). The zero-order valence-electron chi connectivity index (χ0n) is 11.5. The van der Waals surface area contributed by atoms with Crippen LogP contribution in [-0.4, -0.2) is 51.5 Å². The molecule has 0 spiro atoms. The van der Waals surface area contributed by atoms with Gasteiger partial charge in [-0.05, 0) is 20.8 Å². The van der Waals surface area contributed by atoms with Gasteiger partial charge in [-0.1, -0.05) is 0 Å². The van der Waals surface area contributed by atoms with Crippen molar-refractivity contribution in [1.29, 1.82) is 0 Å². The monoisotopic (exact) mass is 375 g/mol. The molecule has 0 aromatic carbocycles. The summed E-state index contributed by atoms with van der Waals surface area (Å²) in [5, 5.41) is 51.9. The van der Waals surface area contributed by atoms with E-state index in [1.54, 1.807) is 0 Å². The van der Waals surface area contributed by atoms with Gasteiger partial charge in [0.1, 0.15) is 0 Å². The average molecular weight is 376 g/mol. The van der Waals surface area contributed by atoms with E-state index in [1.807, 2.05) is 0 Å². The number of aliphatic hydroxyl groups is 3. The third-order valence-corrected chi connectivity index (χ3v) is 1.02. The Morgan fingerprint density at radius 2 is 0.750 bits per heavy atom. The summed E-state index contributed by atoms with van der Waals surface area (Å²) in [5.74, 6) is -4.31. The van der Waals surface area contributed by atoms with Crippen molar-refractivity contribution in [3.8, 4) is 0 Å². The van der Waals surface area contributed by atoms with E-state index in [-0.39, 0.29) is 32.4 Å². The van der Waals surface area contributed by atoms with Crippen molar-refractivity contribution >= 4 is 17.9 Å². The summed E-state index contributed by atoms with van der Waals surface area (Å²) in [6.07, 6.45) is -4.03. The van der Waals surface area contributed by atoms with E-state index in [2.05, 4.69) is 0 Å². The Balaban J connectivity index is -0.0000000536. The van der Waals surface area contributed by atoms with Crippen LogP contribution in [0, 0.1) is 0 Å². The third kappa shape index (κ3) is 36.0. The fourth-order valence-corrected chi connectivity index (χ4v) is 0. The maximum atomic E-state index is 9.34. The zero-order valence-corrected chi connectivity index (χ0v) is 14.0. The van der Waals surface area contributed by atoms with Crippen LogP contribution in [0.2, 0.25) is 0 Å². The molecule has 11 heteroatoms. The second-order valence-electron chi connectivity index (χ2n) is 2.99. The summed E-state index contributed by atoms with van der Waals surface area (Å²) in [6.45, 7) is 3.40. The van der Waals surface area contributed by atoms with E-state index in [0.717, 1.165) is 20.8 Å². The Bertz CT molecular complexity index is 225. The van der Waals surface area contributed by atoms with Gasteiger partial charge in [0.05, 0.1) is 36.2 Å². The Hall–Kier alpha value is -0.867. The first-order valence-electron chi connectivity index (χ1n) is 4.60. The first-order valence-corrected chi connectivity index (χ1v) is 4.60. The van der Waals surface area contributed by atoms with Crippen molar-refractivity contribution < 1.29 is 71.2 Å². The molecule has 0 bridgehead atoms. The normalized spacial score (nSPS) is 12.3. The minimum absolute atomic E-state index is 0. The second-order valence-corrected chi connectivity index (χ2v) is 2.99. The Kier molecular flexibility index (Phi) is 28.6. The van der Waals surface area contributed by atoms with E-state index in [1.165, 1.54) is 0 Å². The fraction of sp³-hybridized carbons (Fsp3) is 0.667. The predicted octanol–water partition coefficient (Wildman–Crippen LogP) is -5.27. The van der Waals surface area contributed by atoms with Crippen LogP contribution in [0.3, 0.4) is 0 Å². The number of carboxylic acid groups (broad SMARTS) is 3. The van der Waals surface area contributed by atoms with Gasteiger partial charge < -0.3 is 51.2 Å². The maximum Gasteiger partial charge on any atom is 2.00 e. The molecular weight excluding hydrogens is 357 g/mol. The van der Waals surface area contributed by atoms with Gasteiger partial charge in [-0.15, -0.1) is 0 Å². The summed E-state index contributed by atoms with van der Waals surface area (Å²) in [4.78, 5) is 28.0. The predicted molar refractivity (Wildman–Crippen MR) is 56.0 cm³/mol. The van der Waals surface area contributed by atoms with Crippen LogP contribution >= 0.6 is 0 Å². The van der Waals surface area contributed by atoms with Crippen LogP contribution in [0.25, 0.3) is 0 Å². The third-order valence-electron chi connectivity index (χ3n) is 1.02. The van der Waals surface area contributed by atoms with Crippen LogP contribution in [0.1, 0.15) is 20.8 Å². The Morgan fingerprint density at radius 1 is 0.700 bits per heavy atom. The Morgan fingerprint density at radius 3 is 0.750 bits per heavy atom. The summed E-state index contributed by atoms with van der Waals surface area (Å²) < 4.78 is 0. The van der Waals surface area contributed by atoms with E-state index < -0.39 is 36.2 Å². The number of hydrogen-bond acceptors (Lipinski definition) is 9. The number of carbonyl (C=O) groups is 3. The van der Waals surface area contributed by atoms with E-state index in [9.17, 15) is 29.7 Å². The quantitative estimate of drug-likeness (QED) is 0.369. The van der Waals surface area contributed by atoms with Gasteiger partial charge in [-0.3, -0.25) is 0 Å². The van der Waals surface area contributed by atoms with Gasteiger partial charge in [0.2, 0.25) is 0 Å². The van der Waals surface area contributed by atoms with Gasteiger partial charge in [0, 0.05) is 0 Å². The molecule has 0 aliphatic heterocycles. The number of aliphatic carboxylic acids is 3. The van der Waals surface area contributed by atoms with Gasteiger partial charge >= 0.3 is 26.2 Å². The Labute approximate surface area is 134 Å². The number of quaternary nitrogens is 1. The molecule has 10 nitrogen and oxygen atoms in total. The van der Waals surface area contributed by atoms with Crippen molar-refractivity contribution in [2.75, 3.05) is 0 Å². The zero-order chi connectivity index (χ0) is 15.5. The minimum Gasteiger partial charge on any atom is -0.547 e. The summed E-state index contributed by atoms with van der Waals surface area (Å²) in [6, 6.07) is 0. The van der Waals surface area contributed by atoms with Gasteiger partial charge in [0.25, 0.3) is 0 Å². The smallest absolute Gasteiger partial charge is 0.547 e. The number of carboxylic acids is 3. The molecule has 7 N–H and O–H groups in total. The second kappa shape index (κ2) is 18.1.